The van der Waals surface area contributed by atoms with Crippen molar-refractivity contribution in [2.45, 2.75) is 33.1 Å². The molecule has 0 radical (unpaired) electrons. The number of amides is 1. The predicted molar refractivity (Wildman–Crippen MR) is 93.3 cm³/mol. The summed E-state index contributed by atoms with van der Waals surface area (Å²) in [6, 6.07) is 5.80. The summed E-state index contributed by atoms with van der Waals surface area (Å²) in [5.74, 6) is -0.671. The van der Waals surface area contributed by atoms with Gasteiger partial charge in [0.15, 0.2) is 6.61 Å². The van der Waals surface area contributed by atoms with Crippen LogP contribution in [0.1, 0.15) is 38.3 Å². The van der Waals surface area contributed by atoms with Crippen LogP contribution < -0.4 is 10.1 Å². The van der Waals surface area contributed by atoms with Crippen molar-refractivity contribution in [2.24, 2.45) is 0 Å². The van der Waals surface area contributed by atoms with Crippen molar-refractivity contribution < 1.29 is 19.4 Å². The van der Waals surface area contributed by atoms with Crippen molar-refractivity contribution in [3.8, 4) is 5.75 Å². The number of carboxylic acids is 1. The van der Waals surface area contributed by atoms with E-state index < -0.39 is 5.97 Å². The number of carbonyl (C=O) groups excluding carboxylic acids is 1. The van der Waals surface area contributed by atoms with E-state index in [1.54, 1.807) is 0 Å². The Morgan fingerprint density at radius 3 is 2.83 bits per heavy atom. The first kappa shape index (κ1) is 16.5. The third-order valence-corrected chi connectivity index (χ3v) is 5.30. The van der Waals surface area contributed by atoms with Crippen LogP contribution in [-0.4, -0.2) is 23.6 Å². The van der Waals surface area contributed by atoms with Gasteiger partial charge < -0.3 is 15.2 Å². The third kappa shape index (κ3) is 3.28. The molecule has 5 nitrogen and oxygen atoms in total. The first-order chi connectivity index (χ1) is 11.5. The molecule has 6 heteroatoms. The van der Waals surface area contributed by atoms with E-state index in [-0.39, 0.29) is 18.1 Å². The average Bonchev–Trinajstić information content (AvgIpc) is 3.08. The van der Waals surface area contributed by atoms with Crippen LogP contribution in [0.5, 0.6) is 5.75 Å². The highest BCUT2D eigenvalue weighted by Gasteiger charge is 2.27. The minimum atomic E-state index is -0.986. The van der Waals surface area contributed by atoms with E-state index in [4.69, 9.17) is 4.74 Å². The highest BCUT2D eigenvalue weighted by Crippen LogP contribution is 2.39. The number of rotatable bonds is 5. The molecule has 1 aliphatic carbocycles. The summed E-state index contributed by atoms with van der Waals surface area (Å²) in [5, 5.41) is 12.5. The Morgan fingerprint density at radius 2 is 2.08 bits per heavy atom. The second-order valence-electron chi connectivity index (χ2n) is 5.97. The zero-order valence-electron chi connectivity index (χ0n) is 13.6. The molecule has 1 aromatic heterocycles. The molecule has 0 aliphatic heterocycles. The SMILES string of the molecule is Cc1ccc(C)c(OCC(=O)Nc2sc3c(c2C(=O)O)CCC3)c1. The van der Waals surface area contributed by atoms with Crippen LogP contribution in [0.3, 0.4) is 0 Å². The molecule has 1 aromatic carbocycles. The number of aryl methyl sites for hydroxylation is 3. The fourth-order valence-electron chi connectivity index (χ4n) is 2.89. The number of nitrogens with one attached hydrogen (secondary N) is 1. The van der Waals surface area contributed by atoms with Gasteiger partial charge >= 0.3 is 5.97 Å². The summed E-state index contributed by atoms with van der Waals surface area (Å²) < 4.78 is 5.57. The predicted octanol–water partition coefficient (Wildman–Crippen LogP) is 3.57. The van der Waals surface area contributed by atoms with Crippen LogP contribution in [0.25, 0.3) is 0 Å². The quantitative estimate of drug-likeness (QED) is 0.869. The molecule has 24 heavy (non-hydrogen) atoms. The molecule has 1 heterocycles. The maximum atomic E-state index is 12.2. The van der Waals surface area contributed by atoms with Gasteiger partial charge in [-0.05, 0) is 55.9 Å². The number of carbonyl (C=O) groups is 2. The van der Waals surface area contributed by atoms with Crippen LogP contribution in [0.15, 0.2) is 18.2 Å². The number of anilines is 1. The molecule has 0 saturated carbocycles. The number of thiophene rings is 1. The Bertz CT molecular complexity index is 810. The number of hydrogen-bond donors (Lipinski definition) is 2. The van der Waals surface area contributed by atoms with Crippen molar-refractivity contribution in [2.75, 3.05) is 11.9 Å². The lowest BCUT2D eigenvalue weighted by atomic mass is 10.1. The maximum Gasteiger partial charge on any atom is 0.339 e. The minimum absolute atomic E-state index is 0.147. The zero-order valence-corrected chi connectivity index (χ0v) is 14.5. The summed E-state index contributed by atoms with van der Waals surface area (Å²) >= 11 is 1.36. The molecule has 126 valence electrons. The standard InChI is InChI=1S/C18H19NO4S/c1-10-6-7-11(2)13(8-10)23-9-15(20)19-17-16(18(21)22)12-4-3-5-14(12)24-17/h6-8H,3-5,9H2,1-2H3,(H,19,20)(H,21,22). The molecule has 2 N–H and O–H groups in total. The van der Waals surface area contributed by atoms with Crippen molar-refractivity contribution in [3.63, 3.8) is 0 Å². The van der Waals surface area contributed by atoms with Crippen molar-refractivity contribution in [1.29, 1.82) is 0 Å². The molecule has 0 saturated heterocycles. The van der Waals surface area contributed by atoms with E-state index in [0.717, 1.165) is 40.8 Å². The molecule has 1 aliphatic rings. The van der Waals surface area contributed by atoms with E-state index in [1.807, 2.05) is 32.0 Å². The highest BCUT2D eigenvalue weighted by atomic mass is 32.1. The fraction of sp³-hybridized carbons (Fsp3) is 0.333. The van der Waals surface area contributed by atoms with Gasteiger partial charge in [-0.25, -0.2) is 4.79 Å². The van der Waals surface area contributed by atoms with Crippen LogP contribution in [0.4, 0.5) is 5.00 Å². The van der Waals surface area contributed by atoms with E-state index in [0.29, 0.717) is 10.8 Å². The Kier molecular flexibility index (Phi) is 4.57. The van der Waals surface area contributed by atoms with Gasteiger partial charge in [-0.2, -0.15) is 0 Å². The molecule has 0 spiro atoms. The zero-order chi connectivity index (χ0) is 17.3. The number of hydrogen-bond acceptors (Lipinski definition) is 4. The second kappa shape index (κ2) is 6.65. The summed E-state index contributed by atoms with van der Waals surface area (Å²) in [5.41, 5.74) is 3.12. The van der Waals surface area contributed by atoms with Crippen molar-refractivity contribution >= 4 is 28.2 Å². The van der Waals surface area contributed by atoms with Gasteiger partial charge in [-0.1, -0.05) is 12.1 Å². The normalized spacial score (nSPS) is 12.8. The van der Waals surface area contributed by atoms with Crippen molar-refractivity contribution in [3.05, 3.63) is 45.3 Å². The van der Waals surface area contributed by atoms with Gasteiger partial charge in [0.1, 0.15) is 10.8 Å². The Balaban J connectivity index is 1.70. The lowest BCUT2D eigenvalue weighted by Crippen LogP contribution is -2.21. The van der Waals surface area contributed by atoms with E-state index in [9.17, 15) is 14.7 Å². The van der Waals surface area contributed by atoms with Gasteiger partial charge in [-0.15, -0.1) is 11.3 Å². The van der Waals surface area contributed by atoms with Crippen LogP contribution >= 0.6 is 11.3 Å². The second-order valence-corrected chi connectivity index (χ2v) is 7.08. The number of carboxylic acid groups (broad SMARTS) is 1. The monoisotopic (exact) mass is 345 g/mol. The summed E-state index contributed by atoms with van der Waals surface area (Å²) in [6.45, 7) is 3.73. The van der Waals surface area contributed by atoms with Crippen LogP contribution in [0.2, 0.25) is 0 Å². The summed E-state index contributed by atoms with van der Waals surface area (Å²) in [4.78, 5) is 24.7. The Morgan fingerprint density at radius 1 is 1.29 bits per heavy atom. The van der Waals surface area contributed by atoms with Gasteiger partial charge in [0.25, 0.3) is 5.91 Å². The third-order valence-electron chi connectivity index (χ3n) is 4.09. The molecule has 0 unspecified atom stereocenters. The number of ether oxygens (including phenoxy) is 1. The molecule has 0 atom stereocenters. The topological polar surface area (TPSA) is 75.6 Å². The van der Waals surface area contributed by atoms with Gasteiger partial charge in [0, 0.05) is 4.88 Å². The molecular formula is C18H19NO4S. The summed E-state index contributed by atoms with van der Waals surface area (Å²) in [6.07, 6.45) is 2.63. The lowest BCUT2D eigenvalue weighted by molar-refractivity contribution is -0.118. The molecule has 1 amide bonds. The first-order valence-corrected chi connectivity index (χ1v) is 8.65. The summed E-state index contributed by atoms with van der Waals surface area (Å²) in [7, 11) is 0. The number of aromatic carboxylic acids is 1. The van der Waals surface area contributed by atoms with Crippen molar-refractivity contribution in [1.82, 2.24) is 0 Å². The van der Waals surface area contributed by atoms with E-state index in [2.05, 4.69) is 5.32 Å². The number of fused-ring (bicyclic) bond motifs is 1. The highest BCUT2D eigenvalue weighted by molar-refractivity contribution is 7.17. The Hall–Kier alpha value is -2.34. The lowest BCUT2D eigenvalue weighted by Gasteiger charge is -2.10. The molecular weight excluding hydrogens is 326 g/mol. The largest absolute Gasteiger partial charge is 0.483 e. The maximum absolute atomic E-state index is 12.2. The molecule has 0 bridgehead atoms. The van der Waals surface area contributed by atoms with Gasteiger partial charge in [0.05, 0.1) is 5.56 Å². The fourth-order valence-corrected chi connectivity index (χ4v) is 4.18. The minimum Gasteiger partial charge on any atom is -0.483 e. The first-order valence-electron chi connectivity index (χ1n) is 7.83. The van der Waals surface area contributed by atoms with E-state index >= 15 is 0 Å². The van der Waals surface area contributed by atoms with Gasteiger partial charge in [0.2, 0.25) is 0 Å². The van der Waals surface area contributed by atoms with Crippen LogP contribution in [0, 0.1) is 13.8 Å². The molecule has 3 rings (SSSR count). The van der Waals surface area contributed by atoms with Gasteiger partial charge in [-0.3, -0.25) is 4.79 Å². The Labute approximate surface area is 144 Å². The molecule has 2 aromatic rings. The molecule has 0 fully saturated rings. The van der Waals surface area contributed by atoms with E-state index in [1.165, 1.54) is 11.3 Å². The smallest absolute Gasteiger partial charge is 0.339 e. The number of benzene rings is 1. The average molecular weight is 345 g/mol. The van der Waals surface area contributed by atoms with Crippen LogP contribution in [-0.2, 0) is 17.6 Å².